The fourth-order valence-electron chi connectivity index (χ4n) is 3.05. The number of nitrogens with zero attached hydrogens (tertiary/aromatic N) is 3. The van der Waals surface area contributed by atoms with Gasteiger partial charge in [-0.05, 0) is 39.0 Å². The molecule has 0 unspecified atom stereocenters. The molecule has 1 fully saturated rings. The number of anilines is 1. The molecule has 2 rings (SSSR count). The highest BCUT2D eigenvalue weighted by atomic mass is 19.1. The van der Waals surface area contributed by atoms with Crippen molar-refractivity contribution in [2.75, 3.05) is 44.2 Å². The number of hydrogen-bond acceptors (Lipinski definition) is 5. The van der Waals surface area contributed by atoms with E-state index in [1.54, 1.807) is 21.9 Å². The van der Waals surface area contributed by atoms with E-state index in [9.17, 15) is 18.8 Å². The van der Waals surface area contributed by atoms with E-state index in [4.69, 9.17) is 5.11 Å². The molecule has 0 saturated carbocycles. The highest BCUT2D eigenvalue weighted by Crippen LogP contribution is 2.22. The molecule has 1 heterocycles. The number of carbonyl (C=O) groups excluding carboxylic acids is 2. The minimum Gasteiger partial charge on any atom is -0.480 e. The Morgan fingerprint density at radius 3 is 2.26 bits per heavy atom. The van der Waals surface area contributed by atoms with Gasteiger partial charge >= 0.3 is 5.97 Å². The van der Waals surface area contributed by atoms with Crippen LogP contribution < -0.4 is 4.90 Å². The van der Waals surface area contributed by atoms with Crippen molar-refractivity contribution in [3.05, 3.63) is 29.6 Å². The molecule has 0 spiro atoms. The zero-order valence-electron chi connectivity index (χ0n) is 15.9. The van der Waals surface area contributed by atoms with Gasteiger partial charge < -0.3 is 14.9 Å². The number of ketones is 1. The molecule has 1 aliphatic rings. The zero-order chi connectivity index (χ0) is 20.1. The molecule has 1 saturated heterocycles. The number of rotatable bonds is 7. The average Bonchev–Trinajstić information content (AvgIpc) is 2.60. The van der Waals surface area contributed by atoms with Crippen LogP contribution >= 0.6 is 0 Å². The Labute approximate surface area is 158 Å². The smallest absolute Gasteiger partial charge is 0.317 e. The first-order valence-corrected chi connectivity index (χ1v) is 8.98. The van der Waals surface area contributed by atoms with E-state index in [0.29, 0.717) is 37.4 Å². The lowest BCUT2D eigenvalue weighted by Gasteiger charge is -2.37. The van der Waals surface area contributed by atoms with Crippen LogP contribution in [0.3, 0.4) is 0 Å². The Morgan fingerprint density at radius 2 is 1.78 bits per heavy atom. The van der Waals surface area contributed by atoms with E-state index >= 15 is 0 Å². The summed E-state index contributed by atoms with van der Waals surface area (Å²) in [7, 11) is 0. The normalized spacial score (nSPS) is 14.7. The van der Waals surface area contributed by atoms with Crippen LogP contribution in [-0.4, -0.2) is 77.9 Å². The fraction of sp³-hybridized carbons (Fsp3) is 0.526. The van der Waals surface area contributed by atoms with Gasteiger partial charge in [-0.15, -0.1) is 0 Å². The van der Waals surface area contributed by atoms with Crippen molar-refractivity contribution in [2.24, 2.45) is 0 Å². The highest BCUT2D eigenvalue weighted by Gasteiger charge is 2.25. The zero-order valence-corrected chi connectivity index (χ0v) is 15.9. The van der Waals surface area contributed by atoms with Gasteiger partial charge in [0.1, 0.15) is 5.82 Å². The molecule has 7 nitrogen and oxygen atoms in total. The maximum atomic E-state index is 14.3. The summed E-state index contributed by atoms with van der Waals surface area (Å²) in [6.45, 7) is 6.78. The first-order valence-electron chi connectivity index (χ1n) is 8.98. The minimum atomic E-state index is -0.967. The first-order chi connectivity index (χ1) is 12.7. The molecule has 1 N–H and O–H groups in total. The Morgan fingerprint density at radius 1 is 1.15 bits per heavy atom. The van der Waals surface area contributed by atoms with Crippen LogP contribution in [0.2, 0.25) is 0 Å². The maximum absolute atomic E-state index is 14.3. The second-order valence-corrected chi connectivity index (χ2v) is 6.98. The molecular weight excluding hydrogens is 353 g/mol. The second kappa shape index (κ2) is 8.94. The fourth-order valence-corrected chi connectivity index (χ4v) is 3.05. The van der Waals surface area contributed by atoms with E-state index in [1.807, 2.05) is 18.7 Å². The molecule has 148 valence electrons. The van der Waals surface area contributed by atoms with Gasteiger partial charge in [0.25, 0.3) is 0 Å². The topological polar surface area (TPSA) is 81.2 Å². The van der Waals surface area contributed by atoms with Gasteiger partial charge in [-0.3, -0.25) is 19.3 Å². The third-order valence-corrected chi connectivity index (χ3v) is 4.73. The third-order valence-electron chi connectivity index (χ3n) is 4.73. The van der Waals surface area contributed by atoms with Gasteiger partial charge in [-0.25, -0.2) is 4.39 Å². The van der Waals surface area contributed by atoms with Gasteiger partial charge in [0.2, 0.25) is 5.91 Å². The van der Waals surface area contributed by atoms with Crippen LogP contribution in [0.4, 0.5) is 10.1 Å². The Kier molecular flexibility index (Phi) is 6.90. The molecule has 27 heavy (non-hydrogen) atoms. The van der Waals surface area contributed by atoms with Gasteiger partial charge in [0, 0.05) is 37.8 Å². The lowest BCUT2D eigenvalue weighted by molar-refractivity contribution is -0.140. The Hall–Kier alpha value is -2.48. The number of halogens is 1. The number of aliphatic carboxylic acids is 1. The lowest BCUT2D eigenvalue weighted by Crippen LogP contribution is -2.52. The number of amides is 1. The van der Waals surface area contributed by atoms with Crippen LogP contribution in [0.15, 0.2) is 18.2 Å². The minimum absolute atomic E-state index is 0.0473. The van der Waals surface area contributed by atoms with Gasteiger partial charge in [0.15, 0.2) is 5.78 Å². The SMILES string of the molecule is CC(=O)c1ccc(N2CCN(C(=O)CN(CC(=O)O)C(C)C)CC2)c(F)c1. The molecule has 0 aliphatic carbocycles. The summed E-state index contributed by atoms with van der Waals surface area (Å²) < 4.78 is 14.3. The van der Waals surface area contributed by atoms with E-state index in [1.165, 1.54) is 13.0 Å². The van der Waals surface area contributed by atoms with Gasteiger partial charge in [0.05, 0.1) is 18.8 Å². The first kappa shape index (κ1) is 20.8. The van der Waals surface area contributed by atoms with E-state index in [2.05, 4.69) is 0 Å². The summed E-state index contributed by atoms with van der Waals surface area (Å²) in [4.78, 5) is 39.9. The molecule has 0 bridgehead atoms. The van der Waals surface area contributed by atoms with Crippen molar-refractivity contribution in [3.8, 4) is 0 Å². The number of benzene rings is 1. The monoisotopic (exact) mass is 379 g/mol. The predicted octanol–water partition coefficient (Wildman–Crippen LogP) is 1.47. The van der Waals surface area contributed by atoms with Crippen LogP contribution in [0.1, 0.15) is 31.1 Å². The molecule has 8 heteroatoms. The molecule has 1 aliphatic heterocycles. The summed E-state index contributed by atoms with van der Waals surface area (Å²) >= 11 is 0. The largest absolute Gasteiger partial charge is 0.480 e. The number of carbonyl (C=O) groups is 3. The number of hydrogen-bond donors (Lipinski definition) is 1. The van der Waals surface area contributed by atoms with E-state index in [-0.39, 0.29) is 30.8 Å². The van der Waals surface area contributed by atoms with E-state index < -0.39 is 11.8 Å². The molecular formula is C19H26FN3O4. The summed E-state index contributed by atoms with van der Waals surface area (Å²) in [5.41, 5.74) is 0.749. The second-order valence-electron chi connectivity index (χ2n) is 6.98. The molecule has 0 radical (unpaired) electrons. The summed E-state index contributed by atoms with van der Waals surface area (Å²) in [5, 5.41) is 8.97. The standard InChI is InChI=1S/C19H26FN3O4/c1-13(2)23(12-19(26)27)11-18(25)22-8-6-21(7-9-22)17-5-4-15(14(3)24)10-16(17)20/h4-5,10,13H,6-9,11-12H2,1-3H3,(H,26,27). The number of Topliss-reactive ketones (excluding diaryl/α,β-unsaturated/α-hetero) is 1. The van der Waals surface area contributed by atoms with Gasteiger partial charge in [-0.2, -0.15) is 0 Å². The van der Waals surface area contributed by atoms with Crippen molar-refractivity contribution in [1.82, 2.24) is 9.80 Å². The van der Waals surface area contributed by atoms with Crippen molar-refractivity contribution >= 4 is 23.3 Å². The number of carboxylic acids is 1. The summed E-state index contributed by atoms with van der Waals surface area (Å²) in [6, 6.07) is 4.38. The van der Waals surface area contributed by atoms with Crippen LogP contribution in [0, 0.1) is 5.82 Å². The predicted molar refractivity (Wildman–Crippen MR) is 99.5 cm³/mol. The quantitative estimate of drug-likeness (QED) is 0.723. The molecule has 1 amide bonds. The molecule has 0 atom stereocenters. The van der Waals surface area contributed by atoms with Gasteiger partial charge in [-0.1, -0.05) is 0 Å². The summed E-state index contributed by atoms with van der Waals surface area (Å²) in [5.74, 6) is -1.73. The molecule has 1 aromatic rings. The lowest BCUT2D eigenvalue weighted by atomic mass is 10.1. The van der Waals surface area contributed by atoms with Crippen molar-refractivity contribution in [3.63, 3.8) is 0 Å². The van der Waals surface area contributed by atoms with Crippen LogP contribution in [0.25, 0.3) is 0 Å². The maximum Gasteiger partial charge on any atom is 0.317 e. The molecule has 1 aromatic carbocycles. The number of piperazine rings is 1. The Bertz CT molecular complexity index is 715. The van der Waals surface area contributed by atoms with Crippen molar-refractivity contribution in [2.45, 2.75) is 26.8 Å². The Balaban J connectivity index is 1.95. The molecule has 0 aromatic heterocycles. The number of carboxylic acid groups (broad SMARTS) is 1. The summed E-state index contributed by atoms with van der Waals surface area (Å²) in [6.07, 6.45) is 0. The average molecular weight is 379 g/mol. The van der Waals surface area contributed by atoms with Crippen LogP contribution in [0.5, 0.6) is 0 Å². The third kappa shape index (κ3) is 5.50. The highest BCUT2D eigenvalue weighted by molar-refractivity contribution is 5.94. The van der Waals surface area contributed by atoms with Crippen molar-refractivity contribution in [1.29, 1.82) is 0 Å². The van der Waals surface area contributed by atoms with E-state index in [0.717, 1.165) is 0 Å². The van der Waals surface area contributed by atoms with Crippen molar-refractivity contribution < 1.29 is 23.9 Å². The van der Waals surface area contributed by atoms with Crippen LogP contribution in [-0.2, 0) is 9.59 Å².